The summed E-state index contributed by atoms with van der Waals surface area (Å²) in [6.45, 7) is 42.2. The number of aromatic carboxylic acids is 1. The van der Waals surface area contributed by atoms with E-state index in [1.807, 2.05) is 97.1 Å². The Morgan fingerprint density at radius 3 is 1.37 bits per heavy atom. The number of carbonyl (C=O) groups excluding carboxylic acids is 8. The number of aromatic nitrogens is 6. The third-order valence-electron chi connectivity index (χ3n) is 22.1. The molecule has 0 fully saturated rings. The van der Waals surface area contributed by atoms with E-state index in [2.05, 4.69) is 130 Å². The monoisotopic (exact) mass is 1970 g/mol. The van der Waals surface area contributed by atoms with Crippen LogP contribution in [0, 0.1) is 49.3 Å². The number of nitrogens with zero attached hydrogens (tertiary/aromatic N) is 8. The van der Waals surface area contributed by atoms with Gasteiger partial charge in [-0.2, -0.15) is 5.26 Å². The van der Waals surface area contributed by atoms with Crippen molar-refractivity contribution >= 4 is 93.5 Å². The molecule has 30 nitrogen and oxygen atoms in total. The van der Waals surface area contributed by atoms with Crippen molar-refractivity contribution in [1.29, 1.82) is 10.7 Å². The number of amidine groups is 1. The number of hydrogen-bond acceptors (Lipinski definition) is 26. The quantitative estimate of drug-likeness (QED) is 0.00229. The minimum atomic E-state index is -1.27. The van der Waals surface area contributed by atoms with Crippen LogP contribution in [0.5, 0.6) is 11.5 Å². The van der Waals surface area contributed by atoms with Gasteiger partial charge in [0.25, 0.3) is 0 Å². The Bertz CT molecular complexity index is 5800. The van der Waals surface area contributed by atoms with Crippen LogP contribution >= 0.6 is 34.8 Å². The SMILES string of the molecule is CC(C)(C)c1ccc(C(=N)N)cc1.CCOC(=O)/C(C(C)=O)=C(/C)OCC.CCOC(=O)c1c(C)nc(-c2ccc(C(C)(C)C)cc2)nc1Cl.Cc1nc(-c2ccc(C(C)(C)C)cc2)nc(Cl)c1C(=O)C[C@@H](CCN)C(=O)N(C)[C@@H]1C(=O)C[C@@H](C)C(=O)N[C@H](C(=O)CCC#N)Cc2ccc(OCCN)c(c2)-c2cc1ccc2OCCN.Cc1nc(-c2ccc(C(C)(C)C)cc2)nc(Cl)c1C(=O)O.[Na+].[OH-]. The second-order valence-corrected chi connectivity index (χ2v) is 37.9. The second kappa shape index (κ2) is 54.8. The van der Waals surface area contributed by atoms with Crippen molar-refractivity contribution in [3.05, 3.63) is 233 Å². The molecule has 4 bridgehead atoms. The molecule has 139 heavy (non-hydrogen) atoms. The van der Waals surface area contributed by atoms with Crippen LogP contribution in [-0.2, 0) is 71.1 Å². The van der Waals surface area contributed by atoms with E-state index in [9.17, 15) is 48.4 Å². The van der Waals surface area contributed by atoms with Gasteiger partial charge in [-0.1, -0.05) is 234 Å². The Morgan fingerprint density at radius 1 is 0.576 bits per heavy atom. The number of esters is 2. The van der Waals surface area contributed by atoms with Gasteiger partial charge in [0.1, 0.15) is 74.5 Å². The van der Waals surface area contributed by atoms with Crippen molar-refractivity contribution in [2.75, 3.05) is 59.7 Å². The van der Waals surface area contributed by atoms with Crippen LogP contribution in [0.15, 0.2) is 145 Å². The first-order chi connectivity index (χ1) is 64.3. The first-order valence-corrected chi connectivity index (χ1v) is 46.4. The number of likely N-dealkylation sites (N-methyl/N-ethyl adjacent to an activating group) is 1. The number of ketones is 4. The number of fused-ring (bicyclic) bond motifs is 5. The summed E-state index contributed by atoms with van der Waals surface area (Å²) >= 11 is 18.8. The average Bonchev–Trinajstić information content (AvgIpc) is 0.773. The zero-order valence-corrected chi connectivity index (χ0v) is 88.3. The zero-order valence-electron chi connectivity index (χ0n) is 84.0. The van der Waals surface area contributed by atoms with Crippen LogP contribution in [0.25, 0.3) is 45.3 Å². The molecular formula is C105H132Cl3N14NaO16. The maximum absolute atomic E-state index is 14.8. The molecule has 0 unspecified atom stereocenters. The number of Topliss-reactive ketones (excluding diaryl/α,β-unsaturated/α-hetero) is 4. The Morgan fingerprint density at radius 2 is 0.986 bits per heavy atom. The Balaban J connectivity index is 0.000000443. The third-order valence-corrected chi connectivity index (χ3v) is 22.9. The molecule has 0 spiro atoms. The molecule has 3 aromatic heterocycles. The maximum atomic E-state index is 14.8. The molecule has 34 heteroatoms. The smallest absolute Gasteiger partial charge is 0.870 e. The first kappa shape index (κ1) is 120. The van der Waals surface area contributed by atoms with Crippen LogP contribution in [0.3, 0.4) is 0 Å². The molecule has 0 saturated carbocycles. The van der Waals surface area contributed by atoms with Crippen LogP contribution in [-0.4, -0.2) is 170 Å². The number of carboxylic acid groups (broad SMARTS) is 1. The van der Waals surface area contributed by atoms with Crippen molar-refractivity contribution in [1.82, 2.24) is 40.1 Å². The van der Waals surface area contributed by atoms with Crippen LogP contribution in [0.1, 0.15) is 250 Å². The number of nitriles is 1. The molecule has 6 aromatic carbocycles. The van der Waals surface area contributed by atoms with Crippen LogP contribution < -0.4 is 67.3 Å². The number of nitrogens with two attached hydrogens (primary N) is 4. The zero-order chi connectivity index (χ0) is 102. The van der Waals surface area contributed by atoms with E-state index in [0.29, 0.717) is 80.7 Å². The van der Waals surface area contributed by atoms with Crippen molar-refractivity contribution in [3.63, 3.8) is 0 Å². The summed E-state index contributed by atoms with van der Waals surface area (Å²) in [5, 5.41) is 28.4. The number of benzene rings is 6. The van der Waals surface area contributed by atoms with E-state index in [4.69, 9.17) is 91.9 Å². The van der Waals surface area contributed by atoms with Gasteiger partial charge in [-0.15, -0.1) is 0 Å². The van der Waals surface area contributed by atoms with Gasteiger partial charge >= 0.3 is 47.5 Å². The molecular weight excluding hydrogens is 1840 g/mol. The normalized spacial score (nSPS) is 13.9. The molecule has 9 aromatic rings. The number of carbonyl (C=O) groups is 9. The molecule has 740 valence electrons. The molecule has 12 N–H and O–H groups in total. The largest absolute Gasteiger partial charge is 1.00 e. The fourth-order valence-corrected chi connectivity index (χ4v) is 15.4. The number of nitrogens with one attached hydrogen (secondary N) is 2. The van der Waals surface area contributed by atoms with Gasteiger partial charge in [-0.05, 0) is 154 Å². The minimum Gasteiger partial charge on any atom is -0.870 e. The molecule has 2 amide bonds. The number of aryl methyl sites for hydroxylation is 3. The predicted octanol–water partition coefficient (Wildman–Crippen LogP) is 15.2. The number of rotatable bonds is 28. The minimum absolute atomic E-state index is 0. The van der Waals surface area contributed by atoms with Crippen molar-refractivity contribution in [2.45, 2.75) is 218 Å². The number of halogens is 3. The van der Waals surface area contributed by atoms with E-state index in [1.54, 1.807) is 85.7 Å². The van der Waals surface area contributed by atoms with Gasteiger partial charge in [0.15, 0.2) is 40.6 Å². The summed E-state index contributed by atoms with van der Waals surface area (Å²) in [5.41, 5.74) is 34.9. The Hall–Kier alpha value is -11.6. The van der Waals surface area contributed by atoms with E-state index < -0.39 is 65.2 Å². The fraction of sp³-hybridized carbons (Fsp3) is 0.419. The molecule has 4 heterocycles. The number of amides is 2. The van der Waals surface area contributed by atoms with E-state index in [0.717, 1.165) is 27.8 Å². The summed E-state index contributed by atoms with van der Waals surface area (Å²) in [6.07, 6.45) is -0.567. The molecule has 1 aliphatic rings. The number of hydrogen-bond donors (Lipinski definition) is 7. The predicted molar refractivity (Wildman–Crippen MR) is 537 cm³/mol. The molecule has 0 saturated heterocycles. The van der Waals surface area contributed by atoms with Gasteiger partial charge in [0.2, 0.25) is 11.8 Å². The van der Waals surface area contributed by atoms with Crippen molar-refractivity contribution < 1.29 is 107 Å². The first-order valence-electron chi connectivity index (χ1n) is 45.3. The van der Waals surface area contributed by atoms with Gasteiger partial charge in [0.05, 0.1) is 54.6 Å². The van der Waals surface area contributed by atoms with Gasteiger partial charge in [-0.25, -0.2) is 44.3 Å². The van der Waals surface area contributed by atoms with Crippen LogP contribution in [0.4, 0.5) is 0 Å². The molecule has 1 aliphatic heterocycles. The standard InChI is InChI=1S/C50H61ClN8O7.C18H21ClN2O2.C16H17ClN2O2.C11H16N2.C10H16O4.Na.H2O/c1-29-24-41(62)45(59(6)49(64)34(17-19-53)28-40(61)44-30(2)56-47(58-46(44)51)32-10-13-35(14-11-32)50(3,4)5)33-12-16-43(66-23-21-55)37(27-33)36-25-31(9-15-42(36)65-22-20-54)26-38(57-48(29)63)39(60)8-7-18-52;1-6-23-17(22)14-11(2)20-16(21-15(14)19)12-7-9-13(10-8-12)18(3,4)5;1-9-12(15(20)21)13(17)19-14(18-9)10-5-7-11(8-6-10)16(2,3)4;1-11(2,3)9-6-4-8(5-7-9)10(12)13;1-5-13-8(4)9(7(3)11)10(12)14-6-2;;/h9-16,25,27,29,34,38,45H,7-8,17,19-24,26,28,53-55H2,1-6H3,(H,57,63);7-10H,6H2,1-5H3;5-8H,1-4H3,(H,20,21);4-7H,1-3H3,(H3,12,13);5-6H2,1-4H3;;1H2/q;;;;;+1;/p-1/b;;;;9-8-;;/t29-,34-,38+,45+;;;;;;/m1....../s1. The van der Waals surface area contributed by atoms with E-state index in [1.165, 1.54) is 35.6 Å². The average molecular weight is 1980 g/mol. The number of nitrogen functional groups attached to an aromatic ring is 1. The van der Waals surface area contributed by atoms with E-state index in [-0.39, 0.29) is 196 Å². The summed E-state index contributed by atoms with van der Waals surface area (Å²) < 4.78 is 27.1. The number of ether oxygens (including phenoxy) is 5. The van der Waals surface area contributed by atoms with Crippen molar-refractivity contribution in [3.8, 4) is 62.9 Å². The number of allylic oxidation sites excluding steroid dienone is 1. The Kier molecular flexibility index (Phi) is 47.2. The summed E-state index contributed by atoms with van der Waals surface area (Å²) in [6, 6.07) is 41.7. The molecule has 0 aliphatic carbocycles. The fourth-order valence-electron chi connectivity index (χ4n) is 14.5. The summed E-state index contributed by atoms with van der Waals surface area (Å²) in [7, 11) is 1.48. The van der Waals surface area contributed by atoms with Gasteiger partial charge < -0.3 is 67.4 Å². The Labute approximate surface area is 853 Å². The summed E-state index contributed by atoms with van der Waals surface area (Å²) in [5.74, 6) is -4.33. The topological polar surface area (TPSA) is 494 Å². The van der Waals surface area contributed by atoms with Gasteiger partial charge in [-0.3, -0.25) is 34.2 Å². The molecule has 10 rings (SSSR count). The molecule has 4 atom stereocenters. The van der Waals surface area contributed by atoms with Crippen molar-refractivity contribution in [2.24, 2.45) is 34.8 Å². The van der Waals surface area contributed by atoms with Gasteiger partial charge in [0, 0.05) is 91.0 Å². The third kappa shape index (κ3) is 34.4. The second-order valence-electron chi connectivity index (χ2n) is 36.9. The van der Waals surface area contributed by atoms with E-state index >= 15 is 0 Å². The maximum Gasteiger partial charge on any atom is 1.00 e. The summed E-state index contributed by atoms with van der Waals surface area (Å²) in [4.78, 5) is 144. The molecule has 0 radical (unpaired) electrons. The van der Waals surface area contributed by atoms with Crippen LogP contribution in [0.2, 0.25) is 15.5 Å². The number of carboxylic acids is 1.